The quantitative estimate of drug-likeness (QED) is 0.655. The summed E-state index contributed by atoms with van der Waals surface area (Å²) in [6.07, 6.45) is 1.22. The van der Waals surface area contributed by atoms with Crippen molar-refractivity contribution in [2.75, 3.05) is 0 Å². The third-order valence-corrected chi connectivity index (χ3v) is 4.36. The fourth-order valence-corrected chi connectivity index (χ4v) is 2.93. The number of nitrogens with two attached hydrogens (primary N) is 1. The first kappa shape index (κ1) is 13.2. The predicted octanol–water partition coefficient (Wildman–Crippen LogP) is 1.51. The maximum absolute atomic E-state index is 12.3. The smallest absolute Gasteiger partial charge is 0.208 e. The average Bonchev–Trinajstić information content (AvgIpc) is 2.39. The fraction of sp³-hybridized carbons (Fsp3) is 0.0769. The zero-order chi connectivity index (χ0) is 14.0. The molecule has 0 spiro atoms. The molecule has 0 fully saturated rings. The second-order valence-corrected chi connectivity index (χ2v) is 6.06. The lowest BCUT2D eigenvalue weighted by molar-refractivity contribution is 0.595. The molecule has 0 aliphatic heterocycles. The Morgan fingerprint density at radius 2 is 1.95 bits per heavy atom. The molecule has 1 heterocycles. The Labute approximate surface area is 111 Å². The van der Waals surface area contributed by atoms with Gasteiger partial charge in [-0.2, -0.15) is 0 Å². The van der Waals surface area contributed by atoms with Crippen LogP contribution in [-0.2, 0) is 9.84 Å². The molecule has 2 rings (SSSR count). The van der Waals surface area contributed by atoms with Crippen molar-refractivity contribution < 1.29 is 8.42 Å². The highest BCUT2D eigenvalue weighted by Crippen LogP contribution is 2.20. The van der Waals surface area contributed by atoms with Crippen LogP contribution in [-0.4, -0.2) is 19.2 Å². The van der Waals surface area contributed by atoms with Crippen molar-refractivity contribution in [1.82, 2.24) is 4.98 Å². The predicted molar refractivity (Wildman–Crippen MR) is 71.9 cm³/mol. The second kappa shape index (κ2) is 4.81. The lowest BCUT2D eigenvalue weighted by atomic mass is 10.2. The van der Waals surface area contributed by atoms with Gasteiger partial charge >= 0.3 is 0 Å². The van der Waals surface area contributed by atoms with Crippen molar-refractivity contribution in [3.63, 3.8) is 0 Å². The molecule has 3 N–H and O–H groups in total. The van der Waals surface area contributed by atoms with Gasteiger partial charge in [0.25, 0.3) is 0 Å². The van der Waals surface area contributed by atoms with Crippen LogP contribution in [0.2, 0.25) is 0 Å². The Kier molecular flexibility index (Phi) is 3.35. The van der Waals surface area contributed by atoms with Crippen LogP contribution < -0.4 is 5.73 Å². The van der Waals surface area contributed by atoms with Crippen molar-refractivity contribution in [3.05, 3.63) is 53.9 Å². The number of aryl methyl sites for hydroxylation is 1. The highest BCUT2D eigenvalue weighted by atomic mass is 32.2. The van der Waals surface area contributed by atoms with E-state index >= 15 is 0 Å². The lowest BCUT2D eigenvalue weighted by Gasteiger charge is -2.05. The maximum Gasteiger partial charge on any atom is 0.208 e. The van der Waals surface area contributed by atoms with Gasteiger partial charge in [-0.25, -0.2) is 8.42 Å². The summed E-state index contributed by atoms with van der Waals surface area (Å²) in [7, 11) is -3.58. The third kappa shape index (κ3) is 2.63. The van der Waals surface area contributed by atoms with Gasteiger partial charge in [-0.1, -0.05) is 12.1 Å². The zero-order valence-corrected chi connectivity index (χ0v) is 11.1. The summed E-state index contributed by atoms with van der Waals surface area (Å²) in [4.78, 5) is 4.18. The second-order valence-electron chi connectivity index (χ2n) is 4.11. The maximum atomic E-state index is 12.3. The first-order valence-corrected chi connectivity index (χ1v) is 7.02. The molecule has 2 aromatic rings. The largest absolute Gasteiger partial charge is 0.382 e. The van der Waals surface area contributed by atoms with E-state index in [4.69, 9.17) is 11.1 Å². The molecule has 0 saturated carbocycles. The van der Waals surface area contributed by atoms with E-state index in [-0.39, 0.29) is 21.3 Å². The summed E-state index contributed by atoms with van der Waals surface area (Å²) >= 11 is 0. The van der Waals surface area contributed by atoms with Crippen molar-refractivity contribution in [2.45, 2.75) is 16.7 Å². The number of benzene rings is 1. The van der Waals surface area contributed by atoms with E-state index in [9.17, 15) is 8.42 Å². The van der Waals surface area contributed by atoms with Crippen LogP contribution >= 0.6 is 0 Å². The molecule has 0 aliphatic rings. The Bertz CT molecular complexity index is 722. The van der Waals surface area contributed by atoms with Gasteiger partial charge in [0.15, 0.2) is 0 Å². The standard InChI is InChI=1S/C13H13N3O2S/c1-9-3-2-4-10(7-9)19(17,18)11-5-6-12(13(14)15)16-8-11/h2-8H,1H3,(H3,14,15). The van der Waals surface area contributed by atoms with Gasteiger partial charge in [0.05, 0.1) is 9.79 Å². The summed E-state index contributed by atoms with van der Waals surface area (Å²) in [5.74, 6) is -0.195. The molecule has 19 heavy (non-hydrogen) atoms. The number of hydrogen-bond acceptors (Lipinski definition) is 4. The van der Waals surface area contributed by atoms with Crippen LogP contribution in [0.3, 0.4) is 0 Å². The molecule has 0 amide bonds. The SMILES string of the molecule is Cc1cccc(S(=O)(=O)c2ccc(C(=N)N)nc2)c1. The zero-order valence-electron chi connectivity index (χ0n) is 10.3. The van der Waals surface area contributed by atoms with Crippen LogP contribution in [0.1, 0.15) is 11.3 Å². The van der Waals surface area contributed by atoms with Crippen LogP contribution in [0.15, 0.2) is 52.4 Å². The molecule has 1 aromatic carbocycles. The fourth-order valence-electron chi connectivity index (χ4n) is 1.62. The summed E-state index contributed by atoms with van der Waals surface area (Å²) in [6, 6.07) is 9.50. The van der Waals surface area contributed by atoms with Crippen molar-refractivity contribution in [1.29, 1.82) is 5.41 Å². The molecule has 6 heteroatoms. The van der Waals surface area contributed by atoms with Crippen LogP contribution in [0, 0.1) is 12.3 Å². The van der Waals surface area contributed by atoms with E-state index in [2.05, 4.69) is 4.98 Å². The number of aromatic nitrogens is 1. The minimum atomic E-state index is -3.58. The molecule has 0 radical (unpaired) electrons. The number of nitrogens with zero attached hydrogens (tertiary/aromatic N) is 1. The molecule has 0 aliphatic carbocycles. The Morgan fingerprint density at radius 1 is 1.21 bits per heavy atom. The summed E-state index contributed by atoms with van der Waals surface area (Å²) < 4.78 is 24.7. The molecule has 1 aromatic heterocycles. The number of sulfone groups is 1. The van der Waals surface area contributed by atoms with Crippen LogP contribution in [0.5, 0.6) is 0 Å². The molecule has 0 atom stereocenters. The molecular formula is C13H13N3O2S. The molecule has 0 saturated heterocycles. The first-order chi connectivity index (χ1) is 8.91. The lowest BCUT2D eigenvalue weighted by Crippen LogP contribution is -2.13. The van der Waals surface area contributed by atoms with Gasteiger partial charge < -0.3 is 5.73 Å². The number of hydrogen-bond donors (Lipinski definition) is 2. The number of amidine groups is 1. The van der Waals surface area contributed by atoms with Gasteiger partial charge in [0, 0.05) is 6.20 Å². The summed E-state index contributed by atoms with van der Waals surface area (Å²) in [5.41, 5.74) is 6.40. The number of nitrogens with one attached hydrogen (secondary N) is 1. The molecule has 0 bridgehead atoms. The van der Waals surface area contributed by atoms with E-state index in [1.54, 1.807) is 18.2 Å². The normalized spacial score (nSPS) is 11.2. The van der Waals surface area contributed by atoms with Gasteiger partial charge in [-0.05, 0) is 36.8 Å². The third-order valence-electron chi connectivity index (χ3n) is 2.62. The monoisotopic (exact) mass is 275 g/mol. The van der Waals surface area contributed by atoms with Crippen LogP contribution in [0.4, 0.5) is 0 Å². The Hall–Kier alpha value is -2.21. The minimum absolute atomic E-state index is 0.0862. The average molecular weight is 275 g/mol. The highest BCUT2D eigenvalue weighted by Gasteiger charge is 2.18. The van der Waals surface area contributed by atoms with E-state index in [1.165, 1.54) is 18.3 Å². The van der Waals surface area contributed by atoms with Gasteiger partial charge in [0.1, 0.15) is 11.5 Å². The van der Waals surface area contributed by atoms with Crippen molar-refractivity contribution in [3.8, 4) is 0 Å². The molecular weight excluding hydrogens is 262 g/mol. The molecule has 5 nitrogen and oxygen atoms in total. The highest BCUT2D eigenvalue weighted by molar-refractivity contribution is 7.91. The summed E-state index contributed by atoms with van der Waals surface area (Å²) in [6.45, 7) is 1.83. The topological polar surface area (TPSA) is 96.9 Å². The van der Waals surface area contributed by atoms with Gasteiger partial charge in [-0.15, -0.1) is 0 Å². The first-order valence-electron chi connectivity index (χ1n) is 5.53. The van der Waals surface area contributed by atoms with E-state index in [0.29, 0.717) is 0 Å². The minimum Gasteiger partial charge on any atom is -0.382 e. The van der Waals surface area contributed by atoms with E-state index in [0.717, 1.165) is 5.56 Å². The molecule has 98 valence electrons. The van der Waals surface area contributed by atoms with Crippen molar-refractivity contribution >= 4 is 15.7 Å². The number of rotatable bonds is 3. The van der Waals surface area contributed by atoms with Crippen molar-refractivity contribution in [2.24, 2.45) is 5.73 Å². The Balaban J connectivity index is 2.48. The molecule has 0 unspecified atom stereocenters. The van der Waals surface area contributed by atoms with E-state index < -0.39 is 9.84 Å². The Morgan fingerprint density at radius 3 is 2.47 bits per heavy atom. The number of nitrogen functional groups attached to an aromatic ring is 1. The van der Waals surface area contributed by atoms with Gasteiger partial charge in [-0.3, -0.25) is 10.4 Å². The van der Waals surface area contributed by atoms with Gasteiger partial charge in [0.2, 0.25) is 9.84 Å². The van der Waals surface area contributed by atoms with E-state index in [1.807, 2.05) is 13.0 Å². The van der Waals surface area contributed by atoms with Crippen LogP contribution in [0.25, 0.3) is 0 Å². The summed E-state index contributed by atoms with van der Waals surface area (Å²) in [5, 5.41) is 7.22. The number of pyridine rings is 1.